The fourth-order valence-electron chi connectivity index (χ4n) is 2.36. The third kappa shape index (κ3) is 6.37. The Kier molecular flexibility index (Phi) is 9.54. The van der Waals surface area contributed by atoms with Gasteiger partial charge in [0.05, 0.1) is 15.7 Å². The third-order valence-corrected chi connectivity index (χ3v) is 4.47. The molecule has 9 heteroatoms. The Bertz CT molecular complexity index is 858. The van der Waals surface area contributed by atoms with E-state index < -0.39 is 0 Å². The number of benzene rings is 2. The number of carbonyl (C=O) groups is 1. The van der Waals surface area contributed by atoms with E-state index in [9.17, 15) is 10.0 Å². The molecule has 0 bridgehead atoms. The molecular weight excluding hydrogens is 502 g/mol. The Hall–Kier alpha value is -1.84. The van der Waals surface area contributed by atoms with Crippen molar-refractivity contribution in [3.05, 3.63) is 69.9 Å². The number of amidine groups is 1. The summed E-state index contributed by atoms with van der Waals surface area (Å²) in [6, 6.07) is 15.0. The number of nitrogens with one attached hydrogen (secondary N) is 1. The monoisotopic (exact) mass is 520 g/mol. The van der Waals surface area contributed by atoms with E-state index in [0.717, 1.165) is 21.6 Å². The standard InChI is InChI=1S/C16H14ClN3O.C2H4INO.ClH/c1-18-15-10-20(21)16(11-5-3-2-4-6-11)13-9-12(17)7-8-14(13)19-15;3-1-2(4)5;/h2-9H,10H2,1H3,(H,18,19);1H2,(H2,4,5);1H. The third-order valence-electron chi connectivity index (χ3n) is 3.48. The summed E-state index contributed by atoms with van der Waals surface area (Å²) in [5.74, 6) is 0.366. The van der Waals surface area contributed by atoms with Gasteiger partial charge in [-0.2, -0.15) is 4.74 Å². The summed E-state index contributed by atoms with van der Waals surface area (Å²) in [4.78, 5) is 14.1. The summed E-state index contributed by atoms with van der Waals surface area (Å²) in [6.45, 7) is 0.174. The number of hydroxylamine groups is 1. The van der Waals surface area contributed by atoms with E-state index in [2.05, 4.69) is 16.0 Å². The highest BCUT2D eigenvalue weighted by Crippen LogP contribution is 2.27. The highest BCUT2D eigenvalue weighted by atomic mass is 127. The van der Waals surface area contributed by atoms with Crippen LogP contribution in [0.1, 0.15) is 11.1 Å². The van der Waals surface area contributed by atoms with Gasteiger partial charge in [-0.05, 0) is 30.3 Å². The summed E-state index contributed by atoms with van der Waals surface area (Å²) in [5.41, 5.74) is 7.56. The Morgan fingerprint density at radius 1 is 1.33 bits per heavy atom. The summed E-state index contributed by atoms with van der Waals surface area (Å²) >= 11 is 8.01. The molecule has 2 aromatic rings. The number of alkyl halides is 1. The maximum atomic E-state index is 12.6. The van der Waals surface area contributed by atoms with E-state index in [1.54, 1.807) is 19.2 Å². The van der Waals surface area contributed by atoms with Gasteiger partial charge in [-0.25, -0.2) is 4.99 Å². The SMILES string of the molecule is CNC1=Nc2ccc(Cl)cc2C(c2ccccc2)=[N+]([O-])C1.Cl.NC(=O)CI. The van der Waals surface area contributed by atoms with Crippen LogP contribution in [-0.2, 0) is 4.79 Å². The molecule has 0 unspecified atom stereocenters. The highest BCUT2D eigenvalue weighted by molar-refractivity contribution is 14.1. The number of aliphatic imine (C=N–C) groups is 1. The number of carbonyl (C=O) groups excluding carboxylic acids is 1. The van der Waals surface area contributed by atoms with Crippen LogP contribution < -0.4 is 11.1 Å². The molecule has 1 aliphatic heterocycles. The van der Waals surface area contributed by atoms with Crippen molar-refractivity contribution in [3.63, 3.8) is 0 Å². The molecule has 1 heterocycles. The second-order valence-electron chi connectivity index (χ2n) is 5.32. The fraction of sp³-hybridized carbons (Fsp3) is 0.167. The molecule has 144 valence electrons. The molecule has 0 spiro atoms. The maximum Gasteiger partial charge on any atom is 0.228 e. The number of hydrogen-bond acceptors (Lipinski definition) is 4. The molecule has 0 radical (unpaired) electrons. The van der Waals surface area contributed by atoms with Crippen LogP contribution >= 0.6 is 46.6 Å². The maximum absolute atomic E-state index is 12.6. The summed E-state index contributed by atoms with van der Waals surface area (Å²) in [5, 5.41) is 16.1. The topological polar surface area (TPSA) is 93.5 Å². The van der Waals surface area contributed by atoms with E-state index in [1.807, 2.05) is 59.0 Å². The van der Waals surface area contributed by atoms with Crippen LogP contribution in [0.2, 0.25) is 5.02 Å². The van der Waals surface area contributed by atoms with Gasteiger partial charge in [0.1, 0.15) is 0 Å². The van der Waals surface area contributed by atoms with Crippen LogP contribution in [0.5, 0.6) is 0 Å². The number of fused-ring (bicyclic) bond motifs is 1. The predicted octanol–water partition coefficient (Wildman–Crippen LogP) is 3.28. The van der Waals surface area contributed by atoms with Crippen molar-refractivity contribution in [2.75, 3.05) is 18.0 Å². The Balaban J connectivity index is 0.000000542. The minimum absolute atomic E-state index is 0. The van der Waals surface area contributed by atoms with Crippen LogP contribution in [-0.4, -0.2) is 40.2 Å². The number of primary amides is 1. The average molecular weight is 521 g/mol. The van der Waals surface area contributed by atoms with Gasteiger partial charge in [0, 0.05) is 17.6 Å². The van der Waals surface area contributed by atoms with Crippen molar-refractivity contribution in [2.24, 2.45) is 10.7 Å². The van der Waals surface area contributed by atoms with Crippen molar-refractivity contribution < 1.29 is 9.53 Å². The van der Waals surface area contributed by atoms with Gasteiger partial charge in [0.15, 0.2) is 5.84 Å². The molecule has 3 N–H and O–H groups in total. The lowest BCUT2D eigenvalue weighted by Crippen LogP contribution is -2.29. The van der Waals surface area contributed by atoms with Gasteiger partial charge in [-0.1, -0.05) is 52.4 Å². The average Bonchev–Trinajstić information content (AvgIpc) is 2.78. The molecule has 0 saturated heterocycles. The van der Waals surface area contributed by atoms with Crippen LogP contribution in [0.25, 0.3) is 0 Å². The number of halogens is 3. The Morgan fingerprint density at radius 3 is 2.52 bits per heavy atom. The van der Waals surface area contributed by atoms with Gasteiger partial charge in [0.2, 0.25) is 18.2 Å². The molecule has 3 rings (SSSR count). The normalized spacial score (nSPS) is 12.5. The highest BCUT2D eigenvalue weighted by Gasteiger charge is 2.24. The minimum atomic E-state index is -0.259. The zero-order chi connectivity index (χ0) is 19.1. The number of likely N-dealkylation sites (N-methyl/N-ethyl adjacent to an activating group) is 1. The number of nitrogens with zero attached hydrogens (tertiary/aromatic N) is 2. The lowest BCUT2D eigenvalue weighted by atomic mass is 10.0. The van der Waals surface area contributed by atoms with Gasteiger partial charge < -0.3 is 16.3 Å². The molecule has 6 nitrogen and oxygen atoms in total. The fourth-order valence-corrected chi connectivity index (χ4v) is 2.53. The second kappa shape index (κ2) is 11.1. The van der Waals surface area contributed by atoms with Crippen LogP contribution in [0.15, 0.2) is 53.5 Å². The lowest BCUT2D eigenvalue weighted by molar-refractivity contribution is -0.439. The van der Waals surface area contributed by atoms with Crippen molar-refractivity contribution in [1.82, 2.24) is 5.32 Å². The predicted molar refractivity (Wildman–Crippen MR) is 121 cm³/mol. The van der Waals surface area contributed by atoms with E-state index in [0.29, 0.717) is 21.0 Å². The van der Waals surface area contributed by atoms with Crippen molar-refractivity contribution in [1.29, 1.82) is 0 Å². The van der Waals surface area contributed by atoms with E-state index in [1.165, 1.54) is 0 Å². The molecule has 1 aliphatic rings. The molecular formula is C18H19Cl2IN4O2. The van der Waals surface area contributed by atoms with Gasteiger partial charge >= 0.3 is 0 Å². The molecule has 0 fully saturated rings. The minimum Gasteiger partial charge on any atom is -0.623 e. The zero-order valence-electron chi connectivity index (χ0n) is 14.5. The molecule has 2 aromatic carbocycles. The lowest BCUT2D eigenvalue weighted by Gasteiger charge is -2.10. The molecule has 1 amide bonds. The summed E-state index contributed by atoms with van der Waals surface area (Å²) in [6.07, 6.45) is 0. The van der Waals surface area contributed by atoms with E-state index in [-0.39, 0.29) is 24.9 Å². The van der Waals surface area contributed by atoms with Gasteiger partial charge in [-0.15, -0.1) is 12.4 Å². The van der Waals surface area contributed by atoms with Crippen molar-refractivity contribution in [2.45, 2.75) is 0 Å². The van der Waals surface area contributed by atoms with Gasteiger partial charge in [-0.3, -0.25) is 4.79 Å². The number of rotatable bonds is 2. The van der Waals surface area contributed by atoms with E-state index in [4.69, 9.17) is 11.6 Å². The van der Waals surface area contributed by atoms with Crippen LogP contribution in [0, 0.1) is 5.21 Å². The first kappa shape index (κ1) is 23.2. The summed E-state index contributed by atoms with van der Waals surface area (Å²) < 4.78 is 1.37. The first-order valence-electron chi connectivity index (χ1n) is 7.72. The Labute approximate surface area is 182 Å². The first-order chi connectivity index (χ1) is 12.5. The first-order valence-corrected chi connectivity index (χ1v) is 9.63. The van der Waals surface area contributed by atoms with E-state index >= 15 is 0 Å². The molecule has 0 aliphatic carbocycles. The van der Waals surface area contributed by atoms with Crippen LogP contribution in [0.4, 0.5) is 5.69 Å². The van der Waals surface area contributed by atoms with Crippen LogP contribution in [0.3, 0.4) is 0 Å². The van der Waals surface area contributed by atoms with Gasteiger partial charge in [0.25, 0.3) is 0 Å². The zero-order valence-corrected chi connectivity index (χ0v) is 18.2. The molecule has 0 atom stereocenters. The molecule has 0 aromatic heterocycles. The van der Waals surface area contributed by atoms with Crippen molar-refractivity contribution >= 4 is 69.7 Å². The van der Waals surface area contributed by atoms with Crippen molar-refractivity contribution in [3.8, 4) is 0 Å². The smallest absolute Gasteiger partial charge is 0.228 e. The second-order valence-corrected chi connectivity index (χ2v) is 6.52. The number of amides is 1. The Morgan fingerprint density at radius 2 is 1.96 bits per heavy atom. The number of nitrogens with two attached hydrogens (primary N) is 1. The summed E-state index contributed by atoms with van der Waals surface area (Å²) in [7, 11) is 1.76. The number of hydrogen-bond donors (Lipinski definition) is 2. The molecule has 27 heavy (non-hydrogen) atoms. The quantitative estimate of drug-likeness (QED) is 0.275. The largest absolute Gasteiger partial charge is 0.623 e. The molecule has 0 saturated carbocycles.